The van der Waals surface area contributed by atoms with Gasteiger partial charge in [-0.1, -0.05) is 23.8 Å². The van der Waals surface area contributed by atoms with Gasteiger partial charge in [0.25, 0.3) is 27.5 Å². The van der Waals surface area contributed by atoms with Crippen LogP contribution in [0.4, 0.5) is 11.4 Å². The number of amides is 2. The van der Waals surface area contributed by atoms with Gasteiger partial charge in [0.15, 0.2) is 0 Å². The number of hydrazine groups is 1. The van der Waals surface area contributed by atoms with Gasteiger partial charge in [0.2, 0.25) is 0 Å². The molecule has 0 aliphatic carbocycles. The highest BCUT2D eigenvalue weighted by Gasteiger charge is 2.18. The number of benzene rings is 3. The molecule has 3 N–H and O–H groups in total. The molecule has 0 saturated heterocycles. The Morgan fingerprint density at radius 3 is 1.91 bits per heavy atom. The summed E-state index contributed by atoms with van der Waals surface area (Å²) in [6.45, 7) is 1.89. The normalized spacial score (nSPS) is 10.8. The molecule has 3 rings (SSSR count). The summed E-state index contributed by atoms with van der Waals surface area (Å²) in [5.41, 5.74) is 5.92. The summed E-state index contributed by atoms with van der Waals surface area (Å²) in [6, 6.07) is 16.8. The van der Waals surface area contributed by atoms with E-state index in [0.717, 1.165) is 11.6 Å². The fourth-order valence-corrected chi connectivity index (χ4v) is 3.73. The number of nitrogens with zero attached hydrogens (tertiary/aromatic N) is 1. The molecule has 0 unspecified atom stereocenters. The average molecular weight is 454 g/mol. The van der Waals surface area contributed by atoms with E-state index < -0.39 is 26.8 Å². The van der Waals surface area contributed by atoms with E-state index in [-0.39, 0.29) is 21.8 Å². The fraction of sp³-hybridized carbons (Fsp3) is 0.0476. The second kappa shape index (κ2) is 9.27. The Balaban J connectivity index is 1.63. The Labute approximate surface area is 183 Å². The van der Waals surface area contributed by atoms with E-state index in [1.54, 1.807) is 24.3 Å². The molecule has 32 heavy (non-hydrogen) atoms. The van der Waals surface area contributed by atoms with Crippen LogP contribution in [0.1, 0.15) is 26.3 Å². The summed E-state index contributed by atoms with van der Waals surface area (Å²) < 4.78 is 27.2. The number of hydrogen-bond donors (Lipinski definition) is 3. The van der Waals surface area contributed by atoms with Crippen molar-refractivity contribution >= 4 is 33.2 Å². The molecule has 0 atom stereocenters. The van der Waals surface area contributed by atoms with Crippen LogP contribution in [-0.2, 0) is 10.0 Å². The number of sulfonamides is 1. The molecule has 0 heterocycles. The summed E-state index contributed by atoms with van der Waals surface area (Å²) in [7, 11) is -4.07. The molecule has 11 heteroatoms. The molecule has 0 saturated carbocycles. The van der Waals surface area contributed by atoms with E-state index >= 15 is 0 Å². The highest BCUT2D eigenvalue weighted by atomic mass is 32.2. The van der Waals surface area contributed by atoms with E-state index in [0.29, 0.717) is 5.56 Å². The van der Waals surface area contributed by atoms with Crippen LogP contribution in [0.2, 0.25) is 0 Å². The number of rotatable bonds is 6. The molecule has 0 aliphatic heterocycles. The first kappa shape index (κ1) is 22.4. The van der Waals surface area contributed by atoms with Crippen molar-refractivity contribution < 1.29 is 22.9 Å². The van der Waals surface area contributed by atoms with Crippen LogP contribution < -0.4 is 15.6 Å². The molecule has 0 aromatic heterocycles. The minimum absolute atomic E-state index is 0.150. The fourth-order valence-electron chi connectivity index (χ4n) is 2.63. The maximum atomic E-state index is 12.5. The van der Waals surface area contributed by atoms with E-state index in [4.69, 9.17) is 0 Å². The van der Waals surface area contributed by atoms with Gasteiger partial charge in [-0.2, -0.15) is 0 Å². The lowest BCUT2D eigenvalue weighted by Gasteiger charge is -2.10. The molecule has 0 spiro atoms. The highest BCUT2D eigenvalue weighted by molar-refractivity contribution is 7.92. The highest BCUT2D eigenvalue weighted by Crippen LogP contribution is 2.20. The SMILES string of the molecule is Cc1ccc(C(=O)NNC(=O)c2ccc(NS(=O)(=O)c3cccc([N+](=O)[O-])c3)cc2)cc1. The summed E-state index contributed by atoms with van der Waals surface area (Å²) in [4.78, 5) is 34.2. The molecule has 0 aliphatic rings. The number of nitro groups is 1. The van der Waals surface area contributed by atoms with Gasteiger partial charge in [0, 0.05) is 28.9 Å². The lowest BCUT2D eigenvalue weighted by atomic mass is 10.1. The molecule has 10 nitrogen and oxygen atoms in total. The lowest BCUT2D eigenvalue weighted by Crippen LogP contribution is -2.41. The first-order valence-corrected chi connectivity index (χ1v) is 10.7. The number of non-ortho nitro benzene ring substituents is 1. The first-order valence-electron chi connectivity index (χ1n) is 9.20. The van der Waals surface area contributed by atoms with Crippen molar-refractivity contribution in [1.29, 1.82) is 0 Å². The van der Waals surface area contributed by atoms with Crippen molar-refractivity contribution in [3.63, 3.8) is 0 Å². The molecule has 3 aromatic rings. The van der Waals surface area contributed by atoms with E-state index in [1.807, 2.05) is 6.92 Å². The third-order valence-corrected chi connectivity index (χ3v) is 5.72. The Kier molecular flexibility index (Phi) is 6.50. The quantitative estimate of drug-likeness (QED) is 0.385. The number of carbonyl (C=O) groups excluding carboxylic acids is 2. The first-order chi connectivity index (χ1) is 15.2. The largest absolute Gasteiger partial charge is 0.280 e. The minimum Gasteiger partial charge on any atom is -0.280 e. The molecule has 3 aromatic carbocycles. The van der Waals surface area contributed by atoms with Crippen LogP contribution in [0, 0.1) is 17.0 Å². The third-order valence-electron chi connectivity index (χ3n) is 4.34. The molecule has 0 fully saturated rings. The van der Waals surface area contributed by atoms with E-state index in [2.05, 4.69) is 15.6 Å². The topological polar surface area (TPSA) is 148 Å². The lowest BCUT2D eigenvalue weighted by molar-refractivity contribution is -0.385. The predicted molar refractivity (Wildman–Crippen MR) is 116 cm³/mol. The second-order valence-electron chi connectivity index (χ2n) is 6.71. The Morgan fingerprint density at radius 1 is 0.844 bits per heavy atom. The molecule has 164 valence electrons. The van der Waals surface area contributed by atoms with Gasteiger partial charge in [0.05, 0.1) is 9.82 Å². The number of carbonyl (C=O) groups is 2. The zero-order valence-electron chi connectivity index (χ0n) is 16.7. The number of aryl methyl sites for hydroxylation is 1. The van der Waals surface area contributed by atoms with Crippen LogP contribution in [0.15, 0.2) is 77.7 Å². The average Bonchev–Trinajstić information content (AvgIpc) is 2.78. The van der Waals surface area contributed by atoms with Gasteiger partial charge >= 0.3 is 0 Å². The van der Waals surface area contributed by atoms with Crippen molar-refractivity contribution in [3.05, 3.63) is 99.6 Å². The zero-order valence-corrected chi connectivity index (χ0v) is 17.5. The van der Waals surface area contributed by atoms with Crippen LogP contribution in [0.25, 0.3) is 0 Å². The molecular formula is C21H18N4O6S. The standard InChI is InChI=1S/C21H18N4O6S/c1-14-5-7-15(8-6-14)20(26)22-23-21(27)16-9-11-17(12-10-16)24-32(30,31)19-4-2-3-18(13-19)25(28)29/h2-13,24H,1H3,(H,22,26)(H,23,27). The summed E-state index contributed by atoms with van der Waals surface area (Å²) in [6.07, 6.45) is 0. The van der Waals surface area contributed by atoms with Crippen molar-refractivity contribution in [2.24, 2.45) is 0 Å². The smallest absolute Gasteiger partial charge is 0.270 e. The Morgan fingerprint density at radius 2 is 1.38 bits per heavy atom. The van der Waals surface area contributed by atoms with Crippen molar-refractivity contribution in [3.8, 4) is 0 Å². The summed E-state index contributed by atoms with van der Waals surface area (Å²) in [5.74, 6) is -1.08. The zero-order chi connectivity index (χ0) is 23.3. The van der Waals surface area contributed by atoms with Crippen molar-refractivity contribution in [1.82, 2.24) is 10.9 Å². The maximum Gasteiger partial charge on any atom is 0.270 e. The molecular weight excluding hydrogens is 436 g/mol. The number of nitrogens with one attached hydrogen (secondary N) is 3. The summed E-state index contributed by atoms with van der Waals surface area (Å²) >= 11 is 0. The third kappa shape index (κ3) is 5.46. The predicted octanol–water partition coefficient (Wildman–Crippen LogP) is 2.78. The summed E-state index contributed by atoms with van der Waals surface area (Å²) in [5, 5.41) is 10.9. The monoisotopic (exact) mass is 454 g/mol. The van der Waals surface area contributed by atoms with E-state index in [9.17, 15) is 28.1 Å². The van der Waals surface area contributed by atoms with Crippen molar-refractivity contribution in [2.45, 2.75) is 11.8 Å². The van der Waals surface area contributed by atoms with Crippen LogP contribution in [0.3, 0.4) is 0 Å². The maximum absolute atomic E-state index is 12.5. The van der Waals surface area contributed by atoms with Crippen LogP contribution >= 0.6 is 0 Å². The molecule has 0 radical (unpaired) electrons. The van der Waals surface area contributed by atoms with Gasteiger partial charge in [-0.05, 0) is 49.4 Å². The van der Waals surface area contributed by atoms with Crippen LogP contribution in [0.5, 0.6) is 0 Å². The number of hydrogen-bond acceptors (Lipinski definition) is 6. The van der Waals surface area contributed by atoms with Gasteiger partial charge < -0.3 is 0 Å². The minimum atomic E-state index is -4.07. The van der Waals surface area contributed by atoms with E-state index in [1.165, 1.54) is 42.5 Å². The van der Waals surface area contributed by atoms with Gasteiger partial charge in [-0.15, -0.1) is 0 Å². The van der Waals surface area contributed by atoms with Gasteiger partial charge in [-0.25, -0.2) is 8.42 Å². The van der Waals surface area contributed by atoms with Gasteiger partial charge in [0.1, 0.15) is 0 Å². The number of anilines is 1. The van der Waals surface area contributed by atoms with Gasteiger partial charge in [-0.3, -0.25) is 35.3 Å². The molecule has 0 bridgehead atoms. The van der Waals surface area contributed by atoms with Crippen LogP contribution in [-0.4, -0.2) is 25.2 Å². The number of nitro benzene ring substituents is 1. The Hall–Kier alpha value is -4.25. The van der Waals surface area contributed by atoms with Crippen molar-refractivity contribution in [2.75, 3.05) is 4.72 Å². The Bertz CT molecular complexity index is 1270. The molecule has 2 amide bonds. The second-order valence-corrected chi connectivity index (χ2v) is 8.39.